The molecule has 1 heterocycles. The van der Waals surface area contributed by atoms with E-state index in [2.05, 4.69) is 38.2 Å². The van der Waals surface area contributed by atoms with E-state index >= 15 is 0 Å². The van der Waals surface area contributed by atoms with Crippen molar-refractivity contribution in [3.63, 3.8) is 0 Å². The van der Waals surface area contributed by atoms with E-state index in [1.54, 1.807) is 6.07 Å². The van der Waals surface area contributed by atoms with Crippen LogP contribution < -0.4 is 5.32 Å². The highest BCUT2D eigenvalue weighted by atomic mass is 16.2. The first kappa shape index (κ1) is 15.6. The van der Waals surface area contributed by atoms with Crippen molar-refractivity contribution < 1.29 is 9.59 Å². The molecule has 3 aromatic carbocycles. The largest absolute Gasteiger partial charge is 0.288 e. The zero-order valence-electron chi connectivity index (χ0n) is 14.5. The minimum Gasteiger partial charge on any atom is -0.288 e. The van der Waals surface area contributed by atoms with Crippen molar-refractivity contribution in [2.24, 2.45) is 0 Å². The van der Waals surface area contributed by atoms with Crippen LogP contribution in [0, 0.1) is 0 Å². The standard InChI is InChI=1S/C22H19NO2/c1-22(2,3)15-10-8-13(9-11-15)18-16-7-5-4-6-14(16)12-17-19(18)21(25)23-20(17)24/h4-12H,1-3H3,(H,23,24,25). The molecule has 25 heavy (non-hydrogen) atoms. The van der Waals surface area contributed by atoms with Crippen LogP contribution in [0.4, 0.5) is 0 Å². The molecule has 0 unspecified atom stereocenters. The van der Waals surface area contributed by atoms with Crippen molar-refractivity contribution in [2.45, 2.75) is 26.2 Å². The molecule has 0 aromatic heterocycles. The molecule has 124 valence electrons. The fourth-order valence-electron chi connectivity index (χ4n) is 3.43. The number of fused-ring (bicyclic) bond motifs is 2. The number of hydrogen-bond acceptors (Lipinski definition) is 2. The third kappa shape index (κ3) is 2.43. The van der Waals surface area contributed by atoms with E-state index in [4.69, 9.17) is 0 Å². The Bertz CT molecular complexity index is 1020. The van der Waals surface area contributed by atoms with Crippen molar-refractivity contribution in [2.75, 3.05) is 0 Å². The van der Waals surface area contributed by atoms with E-state index in [0.29, 0.717) is 11.1 Å². The molecule has 3 nitrogen and oxygen atoms in total. The normalized spacial score (nSPS) is 13.9. The molecular weight excluding hydrogens is 310 g/mol. The van der Waals surface area contributed by atoms with Gasteiger partial charge in [-0.3, -0.25) is 14.9 Å². The molecule has 3 heteroatoms. The lowest BCUT2D eigenvalue weighted by atomic mass is 9.85. The number of amides is 2. The zero-order valence-corrected chi connectivity index (χ0v) is 14.5. The van der Waals surface area contributed by atoms with Gasteiger partial charge in [0.2, 0.25) is 0 Å². The summed E-state index contributed by atoms with van der Waals surface area (Å²) in [5.41, 5.74) is 4.01. The highest BCUT2D eigenvalue weighted by Gasteiger charge is 2.31. The average Bonchev–Trinajstić information content (AvgIpc) is 2.86. The number of rotatable bonds is 1. The van der Waals surface area contributed by atoms with Crippen molar-refractivity contribution in [3.8, 4) is 11.1 Å². The van der Waals surface area contributed by atoms with Gasteiger partial charge >= 0.3 is 0 Å². The van der Waals surface area contributed by atoms with Gasteiger partial charge in [0, 0.05) is 5.56 Å². The average molecular weight is 329 g/mol. The number of benzene rings is 3. The molecule has 1 aliphatic heterocycles. The van der Waals surface area contributed by atoms with E-state index < -0.39 is 0 Å². The maximum absolute atomic E-state index is 12.4. The summed E-state index contributed by atoms with van der Waals surface area (Å²) in [6.07, 6.45) is 0. The first-order chi connectivity index (χ1) is 11.9. The van der Waals surface area contributed by atoms with E-state index in [1.807, 2.05) is 36.4 Å². The Labute approximate surface area is 146 Å². The second-order valence-electron chi connectivity index (χ2n) is 7.51. The number of imide groups is 1. The molecular formula is C22H19NO2. The molecule has 4 rings (SSSR count). The summed E-state index contributed by atoms with van der Waals surface area (Å²) in [7, 11) is 0. The Hall–Kier alpha value is -2.94. The van der Waals surface area contributed by atoms with Gasteiger partial charge in [0.15, 0.2) is 0 Å². The first-order valence-electron chi connectivity index (χ1n) is 8.38. The number of carbonyl (C=O) groups excluding carboxylic acids is 2. The Balaban J connectivity index is 2.03. The van der Waals surface area contributed by atoms with Crippen LogP contribution >= 0.6 is 0 Å². The topological polar surface area (TPSA) is 46.2 Å². The van der Waals surface area contributed by atoms with Crippen LogP contribution in [0.25, 0.3) is 21.9 Å². The van der Waals surface area contributed by atoms with Gasteiger partial charge in [-0.1, -0.05) is 69.3 Å². The number of hydrogen-bond donors (Lipinski definition) is 1. The van der Waals surface area contributed by atoms with E-state index in [1.165, 1.54) is 5.56 Å². The molecule has 0 saturated carbocycles. The predicted octanol–water partition coefficient (Wildman–Crippen LogP) is 4.69. The van der Waals surface area contributed by atoms with Gasteiger partial charge in [-0.05, 0) is 33.4 Å². The van der Waals surface area contributed by atoms with Crippen LogP contribution in [-0.2, 0) is 5.41 Å². The van der Waals surface area contributed by atoms with Crippen LogP contribution in [0.2, 0.25) is 0 Å². The van der Waals surface area contributed by atoms with Gasteiger partial charge in [-0.15, -0.1) is 0 Å². The maximum atomic E-state index is 12.4. The van der Waals surface area contributed by atoms with Gasteiger partial charge in [0.05, 0.1) is 11.1 Å². The third-order valence-electron chi connectivity index (χ3n) is 4.79. The quantitative estimate of drug-likeness (QED) is 0.658. The summed E-state index contributed by atoms with van der Waals surface area (Å²) in [6, 6.07) is 17.9. The van der Waals surface area contributed by atoms with Crippen LogP contribution in [0.1, 0.15) is 47.1 Å². The van der Waals surface area contributed by atoms with Gasteiger partial charge in [-0.25, -0.2) is 0 Å². The van der Waals surface area contributed by atoms with E-state index in [9.17, 15) is 9.59 Å². The van der Waals surface area contributed by atoms with Crippen molar-refractivity contribution in [3.05, 3.63) is 71.3 Å². The van der Waals surface area contributed by atoms with Crippen molar-refractivity contribution >= 4 is 22.6 Å². The van der Waals surface area contributed by atoms with Crippen molar-refractivity contribution in [1.82, 2.24) is 5.32 Å². The lowest BCUT2D eigenvalue weighted by Gasteiger charge is -2.19. The van der Waals surface area contributed by atoms with Gasteiger partial charge in [0.25, 0.3) is 11.8 Å². The molecule has 3 aromatic rings. The Morgan fingerprint density at radius 1 is 0.800 bits per heavy atom. The summed E-state index contributed by atoms with van der Waals surface area (Å²) in [5, 5.41) is 4.37. The maximum Gasteiger partial charge on any atom is 0.259 e. The molecule has 0 spiro atoms. The van der Waals surface area contributed by atoms with Gasteiger partial charge in [-0.2, -0.15) is 0 Å². The molecule has 0 fully saturated rings. The third-order valence-corrected chi connectivity index (χ3v) is 4.79. The van der Waals surface area contributed by atoms with Crippen LogP contribution in [0.3, 0.4) is 0 Å². The minimum absolute atomic E-state index is 0.0621. The van der Waals surface area contributed by atoms with Crippen molar-refractivity contribution in [1.29, 1.82) is 0 Å². The summed E-state index contributed by atoms with van der Waals surface area (Å²) in [5.74, 6) is -0.640. The number of nitrogens with one attached hydrogen (secondary N) is 1. The summed E-state index contributed by atoms with van der Waals surface area (Å²) < 4.78 is 0. The first-order valence-corrected chi connectivity index (χ1v) is 8.38. The van der Waals surface area contributed by atoms with Gasteiger partial charge < -0.3 is 0 Å². The fourth-order valence-corrected chi connectivity index (χ4v) is 3.43. The summed E-state index contributed by atoms with van der Waals surface area (Å²) in [6.45, 7) is 6.51. The van der Waals surface area contributed by atoms with E-state index in [-0.39, 0.29) is 17.2 Å². The highest BCUT2D eigenvalue weighted by molar-refractivity contribution is 6.27. The second kappa shape index (κ2) is 5.28. The Morgan fingerprint density at radius 2 is 1.48 bits per heavy atom. The van der Waals surface area contributed by atoms with Crippen LogP contribution in [0.15, 0.2) is 54.6 Å². The second-order valence-corrected chi connectivity index (χ2v) is 7.51. The smallest absolute Gasteiger partial charge is 0.259 e. The zero-order chi connectivity index (χ0) is 17.8. The Kier molecular flexibility index (Phi) is 3.29. The lowest BCUT2D eigenvalue weighted by molar-refractivity contribution is 0.0880. The SMILES string of the molecule is CC(C)(C)c1ccc(-c2c3c(cc4ccccc24)C(=O)NC3=O)cc1. The predicted molar refractivity (Wildman–Crippen MR) is 99.9 cm³/mol. The molecule has 2 amide bonds. The van der Waals surface area contributed by atoms with Gasteiger partial charge in [0.1, 0.15) is 0 Å². The molecule has 0 radical (unpaired) electrons. The highest BCUT2D eigenvalue weighted by Crippen LogP contribution is 2.37. The number of carbonyl (C=O) groups is 2. The summed E-state index contributed by atoms with van der Waals surface area (Å²) in [4.78, 5) is 24.6. The molecule has 1 N–H and O–H groups in total. The lowest BCUT2D eigenvalue weighted by Crippen LogP contribution is -2.20. The molecule has 0 aliphatic carbocycles. The molecule has 1 aliphatic rings. The molecule has 0 bridgehead atoms. The monoisotopic (exact) mass is 329 g/mol. The molecule has 0 saturated heterocycles. The van der Waals surface area contributed by atoms with E-state index in [0.717, 1.165) is 21.9 Å². The fraction of sp³-hybridized carbons (Fsp3) is 0.182. The molecule has 0 atom stereocenters. The van der Waals surface area contributed by atoms with Crippen LogP contribution in [-0.4, -0.2) is 11.8 Å². The Morgan fingerprint density at radius 3 is 2.16 bits per heavy atom. The summed E-state index contributed by atoms with van der Waals surface area (Å²) >= 11 is 0. The minimum atomic E-state index is -0.321. The van der Waals surface area contributed by atoms with Crippen LogP contribution in [0.5, 0.6) is 0 Å².